The van der Waals surface area contributed by atoms with Crippen LogP contribution in [0.4, 0.5) is 5.95 Å². The molecule has 2 aliphatic heterocycles. The highest BCUT2D eigenvalue weighted by Gasteiger charge is 2.50. The number of nitrogens with one attached hydrogen (secondary N) is 1. The maximum absolute atomic E-state index is 13.1. The molecule has 0 saturated carbocycles. The van der Waals surface area contributed by atoms with Crippen molar-refractivity contribution in [3.8, 4) is 11.8 Å². The Morgan fingerprint density at radius 3 is 2.43 bits per heavy atom. The number of fused-ring (bicyclic) bond motifs is 2. The number of rotatable bonds is 5. The minimum absolute atomic E-state index is 0.0465. The van der Waals surface area contributed by atoms with Gasteiger partial charge in [-0.05, 0) is 6.07 Å². The van der Waals surface area contributed by atoms with Crippen molar-refractivity contribution in [3.05, 3.63) is 35.9 Å². The average Bonchev–Trinajstić information content (AvgIpc) is 3.21. The molecular weight excluding hydrogens is 416 g/mol. The largest absolute Gasteiger partial charge is 0.481 e. The van der Waals surface area contributed by atoms with E-state index in [1.807, 2.05) is 0 Å². The molecule has 0 bridgehead atoms. The smallest absolute Gasteiger partial charge is 0.244 e. The number of carbonyl (C=O) groups is 1. The summed E-state index contributed by atoms with van der Waals surface area (Å²) in [6, 6.07) is 7.90. The molecule has 3 heterocycles. The summed E-state index contributed by atoms with van der Waals surface area (Å²) in [4.78, 5) is 20.7. The van der Waals surface area contributed by atoms with Gasteiger partial charge in [-0.1, -0.05) is 18.2 Å². The lowest BCUT2D eigenvalue weighted by atomic mass is 10.1. The monoisotopic (exact) mass is 436 g/mol. The van der Waals surface area contributed by atoms with E-state index in [0.717, 1.165) is 4.31 Å². The fourth-order valence-corrected chi connectivity index (χ4v) is 5.04. The summed E-state index contributed by atoms with van der Waals surface area (Å²) in [6.07, 6.45) is 0. The summed E-state index contributed by atoms with van der Waals surface area (Å²) in [5.41, 5.74) is 0.431. The second kappa shape index (κ2) is 7.80. The van der Waals surface area contributed by atoms with Gasteiger partial charge >= 0.3 is 0 Å². The predicted molar refractivity (Wildman–Crippen MR) is 103 cm³/mol. The maximum Gasteiger partial charge on any atom is 0.244 e. The van der Waals surface area contributed by atoms with Gasteiger partial charge in [0.15, 0.2) is 0 Å². The van der Waals surface area contributed by atoms with E-state index in [4.69, 9.17) is 18.9 Å². The number of hydrogen-bond donors (Lipinski definition) is 1. The number of benzene rings is 1. The molecule has 1 aromatic carbocycles. The van der Waals surface area contributed by atoms with Crippen molar-refractivity contribution in [1.82, 2.24) is 14.3 Å². The Morgan fingerprint density at radius 2 is 1.80 bits per heavy atom. The fourth-order valence-electron chi connectivity index (χ4n) is 3.38. The molecule has 1 fully saturated rings. The lowest BCUT2D eigenvalue weighted by molar-refractivity contribution is -0.176. The lowest BCUT2D eigenvalue weighted by Gasteiger charge is -2.38. The van der Waals surface area contributed by atoms with Crippen LogP contribution in [0.3, 0.4) is 0 Å². The van der Waals surface area contributed by atoms with Crippen molar-refractivity contribution in [3.63, 3.8) is 0 Å². The Bertz CT molecular complexity index is 1050. The molecule has 2 aromatic rings. The number of carbonyl (C=O) groups excluding carboxylic acids is 1. The normalized spacial score (nSPS) is 19.3. The first kappa shape index (κ1) is 20.5. The number of aromatic nitrogens is 2. The molecule has 1 spiro atoms. The number of amides is 1. The van der Waals surface area contributed by atoms with E-state index >= 15 is 0 Å². The van der Waals surface area contributed by atoms with Crippen molar-refractivity contribution >= 4 is 21.9 Å². The van der Waals surface area contributed by atoms with Crippen LogP contribution in [-0.4, -0.2) is 69.1 Å². The Balaban J connectivity index is 1.60. The van der Waals surface area contributed by atoms with Crippen LogP contribution in [0.15, 0.2) is 35.2 Å². The highest BCUT2D eigenvalue weighted by molar-refractivity contribution is 7.89. The fraction of sp³-hybridized carbons (Fsp3) is 0.389. The van der Waals surface area contributed by atoms with Gasteiger partial charge in [0.05, 0.1) is 51.5 Å². The molecule has 160 valence electrons. The summed E-state index contributed by atoms with van der Waals surface area (Å²) >= 11 is 0. The lowest BCUT2D eigenvalue weighted by Crippen LogP contribution is -2.52. The summed E-state index contributed by atoms with van der Waals surface area (Å²) in [5.74, 6) is -1.58. The van der Waals surface area contributed by atoms with E-state index in [1.165, 1.54) is 26.4 Å². The zero-order valence-electron chi connectivity index (χ0n) is 16.3. The van der Waals surface area contributed by atoms with Crippen LogP contribution in [-0.2, 0) is 30.1 Å². The van der Waals surface area contributed by atoms with Gasteiger partial charge in [-0.3, -0.25) is 10.1 Å². The molecule has 0 radical (unpaired) electrons. The highest BCUT2D eigenvalue weighted by Crippen LogP contribution is 2.41. The first-order valence-electron chi connectivity index (χ1n) is 9.02. The molecule has 1 aromatic heterocycles. The number of sulfonamides is 1. The van der Waals surface area contributed by atoms with Gasteiger partial charge in [0, 0.05) is 5.56 Å². The molecule has 0 unspecified atom stereocenters. The van der Waals surface area contributed by atoms with E-state index in [-0.39, 0.29) is 29.1 Å². The van der Waals surface area contributed by atoms with Gasteiger partial charge < -0.3 is 18.9 Å². The van der Waals surface area contributed by atoms with E-state index in [2.05, 4.69) is 15.3 Å². The standard InChI is InChI=1S/C18H20N4O7S/c1-26-15-9-16(27-2)21-17(20-15)19-14(23)10-22-11-18(28-7-8-29-18)12-5-3-4-6-13(12)30(22,24)25/h3-6,9H,7-8,10-11H2,1-2H3,(H,19,20,21,23). The van der Waals surface area contributed by atoms with E-state index in [1.54, 1.807) is 18.2 Å². The van der Waals surface area contributed by atoms with Crippen LogP contribution >= 0.6 is 0 Å². The number of anilines is 1. The quantitative estimate of drug-likeness (QED) is 0.705. The molecule has 4 rings (SSSR count). The first-order valence-corrected chi connectivity index (χ1v) is 10.5. The summed E-state index contributed by atoms with van der Waals surface area (Å²) in [7, 11) is -1.12. The van der Waals surface area contributed by atoms with Crippen LogP contribution in [0.25, 0.3) is 0 Å². The zero-order chi connectivity index (χ0) is 21.4. The SMILES string of the molecule is COc1cc(OC)nc(NC(=O)CN2CC3(OCCO3)c3ccccc3S2(=O)=O)n1. The molecule has 12 heteroatoms. The van der Waals surface area contributed by atoms with Crippen molar-refractivity contribution in [2.45, 2.75) is 10.7 Å². The van der Waals surface area contributed by atoms with Crippen LogP contribution < -0.4 is 14.8 Å². The average molecular weight is 436 g/mol. The Morgan fingerprint density at radius 1 is 1.17 bits per heavy atom. The van der Waals surface area contributed by atoms with Gasteiger partial charge in [-0.15, -0.1) is 0 Å². The molecule has 2 aliphatic rings. The summed E-state index contributed by atoms with van der Waals surface area (Å²) < 4.78 is 48.8. The van der Waals surface area contributed by atoms with Crippen molar-refractivity contribution in [2.75, 3.05) is 45.8 Å². The van der Waals surface area contributed by atoms with Crippen LogP contribution in [0, 0.1) is 0 Å². The van der Waals surface area contributed by atoms with E-state index in [0.29, 0.717) is 18.8 Å². The Labute approximate surface area is 173 Å². The molecule has 0 atom stereocenters. The van der Waals surface area contributed by atoms with Gasteiger partial charge in [0.1, 0.15) is 0 Å². The van der Waals surface area contributed by atoms with E-state index < -0.39 is 28.3 Å². The van der Waals surface area contributed by atoms with Crippen molar-refractivity contribution < 1.29 is 32.2 Å². The first-order chi connectivity index (χ1) is 14.4. The van der Waals surface area contributed by atoms with Gasteiger partial charge in [0.2, 0.25) is 39.4 Å². The number of nitrogens with zero attached hydrogens (tertiary/aromatic N) is 3. The number of methoxy groups -OCH3 is 2. The van der Waals surface area contributed by atoms with E-state index in [9.17, 15) is 13.2 Å². The number of hydrogen-bond acceptors (Lipinski definition) is 9. The maximum atomic E-state index is 13.1. The van der Waals surface area contributed by atoms with Crippen molar-refractivity contribution in [1.29, 1.82) is 0 Å². The molecule has 1 amide bonds. The van der Waals surface area contributed by atoms with Crippen LogP contribution in [0.2, 0.25) is 0 Å². The second-order valence-electron chi connectivity index (χ2n) is 6.54. The molecular formula is C18H20N4O7S. The third kappa shape index (κ3) is 3.58. The Kier molecular flexibility index (Phi) is 5.32. The second-order valence-corrected chi connectivity index (χ2v) is 8.45. The highest BCUT2D eigenvalue weighted by atomic mass is 32.2. The summed E-state index contributed by atoms with van der Waals surface area (Å²) in [5, 5.41) is 2.47. The van der Waals surface area contributed by atoms with Gasteiger partial charge in [-0.25, -0.2) is 8.42 Å². The molecule has 1 saturated heterocycles. The number of ether oxygens (including phenoxy) is 4. The minimum Gasteiger partial charge on any atom is -0.481 e. The van der Waals surface area contributed by atoms with Crippen molar-refractivity contribution in [2.24, 2.45) is 0 Å². The Hall–Kier alpha value is -2.80. The molecule has 11 nitrogen and oxygen atoms in total. The van der Waals surface area contributed by atoms with Gasteiger partial charge in [-0.2, -0.15) is 14.3 Å². The predicted octanol–water partition coefficient (Wildman–Crippen LogP) is 0.336. The third-order valence-corrected chi connectivity index (χ3v) is 6.57. The topological polar surface area (TPSA) is 129 Å². The summed E-state index contributed by atoms with van der Waals surface area (Å²) in [6.45, 7) is 0.0216. The van der Waals surface area contributed by atoms with Crippen LogP contribution in [0.5, 0.6) is 11.8 Å². The zero-order valence-corrected chi connectivity index (χ0v) is 17.1. The van der Waals surface area contributed by atoms with Crippen LogP contribution in [0.1, 0.15) is 5.56 Å². The van der Waals surface area contributed by atoms with Gasteiger partial charge in [0.25, 0.3) is 0 Å². The molecule has 30 heavy (non-hydrogen) atoms. The molecule has 0 aliphatic carbocycles. The molecule has 1 N–H and O–H groups in total. The minimum atomic E-state index is -3.94. The third-order valence-electron chi connectivity index (χ3n) is 4.72.